The first-order valence-corrected chi connectivity index (χ1v) is 11.2. The van der Waals surface area contributed by atoms with Crippen LogP contribution < -0.4 is 5.32 Å². The van der Waals surface area contributed by atoms with E-state index in [1.807, 2.05) is 0 Å². The van der Waals surface area contributed by atoms with Crippen LogP contribution in [-0.2, 0) is 11.0 Å². The number of Topliss-reactive ketones (excluding diaryl/α,β-unsaturated/α-hetero) is 1. The molecule has 0 radical (unpaired) electrons. The predicted molar refractivity (Wildman–Crippen MR) is 125 cm³/mol. The lowest BCUT2D eigenvalue weighted by molar-refractivity contribution is -0.234. The molecule has 1 spiro atoms. The zero-order valence-electron chi connectivity index (χ0n) is 19.8. The predicted octanol–water partition coefficient (Wildman–Crippen LogP) is 3.86. The average Bonchev–Trinajstić information content (AvgIpc) is 2.93. The van der Waals surface area contributed by atoms with Crippen molar-refractivity contribution in [3.63, 3.8) is 0 Å². The molecule has 0 amide bonds. The summed E-state index contributed by atoms with van der Waals surface area (Å²) in [4.78, 5) is 26.4. The maximum absolute atomic E-state index is 13.8. The number of likely N-dealkylation sites (tertiary alicyclic amines) is 1. The number of halogens is 6. The van der Waals surface area contributed by atoms with Crippen molar-refractivity contribution in [3.8, 4) is 11.8 Å². The molecule has 1 aliphatic carbocycles. The number of carbonyl (C=O) groups excluding carboxylic acids is 1. The van der Waals surface area contributed by atoms with E-state index in [0.29, 0.717) is 6.54 Å². The van der Waals surface area contributed by atoms with Crippen molar-refractivity contribution in [3.05, 3.63) is 47.4 Å². The first-order valence-electron chi connectivity index (χ1n) is 11.2. The van der Waals surface area contributed by atoms with E-state index in [1.54, 1.807) is 19.0 Å². The number of nitrogens with one attached hydrogen (secondary N) is 1. The van der Waals surface area contributed by atoms with Crippen molar-refractivity contribution < 1.29 is 31.1 Å². The first kappa shape index (κ1) is 26.4. The van der Waals surface area contributed by atoms with E-state index in [0.717, 1.165) is 12.3 Å². The highest BCUT2D eigenvalue weighted by atomic mass is 19.4. The second-order valence-electron chi connectivity index (χ2n) is 9.00. The highest BCUT2D eigenvalue weighted by molar-refractivity contribution is 6.14. The maximum atomic E-state index is 13.8. The summed E-state index contributed by atoms with van der Waals surface area (Å²) in [5, 5.41) is 2.52. The molecular weight excluding hydrogens is 502 g/mol. The highest BCUT2D eigenvalue weighted by Gasteiger charge is 2.53. The van der Waals surface area contributed by atoms with Gasteiger partial charge in [-0.2, -0.15) is 26.3 Å². The third-order valence-electron chi connectivity index (χ3n) is 5.95. The van der Waals surface area contributed by atoms with E-state index in [9.17, 15) is 31.1 Å². The number of pyridine rings is 1. The van der Waals surface area contributed by atoms with Crippen LogP contribution in [0.1, 0.15) is 24.1 Å². The maximum Gasteiger partial charge on any atom is 0.484 e. The number of anilines is 1. The number of ketones is 1. The van der Waals surface area contributed by atoms with Gasteiger partial charge in [0.05, 0.1) is 29.9 Å². The van der Waals surface area contributed by atoms with Crippen LogP contribution in [0.15, 0.2) is 46.2 Å². The van der Waals surface area contributed by atoms with Crippen LogP contribution in [0.25, 0.3) is 0 Å². The average molecular weight is 524 g/mol. The fourth-order valence-electron chi connectivity index (χ4n) is 4.32. The van der Waals surface area contributed by atoms with Crippen molar-refractivity contribution >= 4 is 23.1 Å². The summed E-state index contributed by atoms with van der Waals surface area (Å²) in [6.45, 7) is -0.462. The summed E-state index contributed by atoms with van der Waals surface area (Å²) in [5.41, 5.74) is -2.97. The molecule has 1 aromatic rings. The van der Waals surface area contributed by atoms with Gasteiger partial charge in [-0.05, 0) is 32.3 Å². The second kappa shape index (κ2) is 9.66. The topological polar surface area (TPSA) is 73.2 Å². The Balaban J connectivity index is 1.69. The van der Waals surface area contributed by atoms with Crippen molar-refractivity contribution in [2.24, 2.45) is 15.4 Å². The van der Waals surface area contributed by atoms with Crippen LogP contribution in [-0.4, -0.2) is 72.3 Å². The molecule has 3 heterocycles. The Morgan fingerprint density at radius 3 is 2.65 bits per heavy atom. The van der Waals surface area contributed by atoms with Crippen LogP contribution in [0.2, 0.25) is 0 Å². The van der Waals surface area contributed by atoms with Crippen LogP contribution in [0, 0.1) is 17.3 Å². The van der Waals surface area contributed by atoms with Gasteiger partial charge in [-0.3, -0.25) is 14.6 Å². The van der Waals surface area contributed by atoms with Gasteiger partial charge >= 0.3 is 12.5 Å². The Morgan fingerprint density at radius 1 is 1.22 bits per heavy atom. The Hall–Kier alpha value is -3.66. The first-order chi connectivity index (χ1) is 17.3. The smallest absolute Gasteiger partial charge is 0.323 e. The van der Waals surface area contributed by atoms with Crippen molar-refractivity contribution in [1.82, 2.24) is 14.8 Å². The van der Waals surface area contributed by atoms with E-state index in [2.05, 4.69) is 32.1 Å². The standard InChI is InChI=1S/C24H22F6N6O/c1-35(2)9-4-5-15-11-17(20(31-13-15)23(25,26)27)33-21-32-14-22-12-16(37)8-10-36(24(28,29)30)19(22)7-3-6-18(22)34-21/h3,6-7,11,13H,8-10,12,14H2,1-2H3,(H,32,33). The lowest BCUT2D eigenvalue weighted by Crippen LogP contribution is -2.49. The van der Waals surface area contributed by atoms with E-state index in [4.69, 9.17) is 0 Å². The molecule has 4 rings (SSSR count). The summed E-state index contributed by atoms with van der Waals surface area (Å²) in [6, 6.07) is 1.16. The Bertz CT molecular complexity index is 1280. The Labute approximate surface area is 208 Å². The molecule has 0 bridgehead atoms. The fourth-order valence-corrected chi connectivity index (χ4v) is 4.32. The van der Waals surface area contributed by atoms with Gasteiger partial charge in [0.15, 0.2) is 5.69 Å². The van der Waals surface area contributed by atoms with Gasteiger partial charge in [-0.25, -0.2) is 15.0 Å². The number of alkyl halides is 6. The second-order valence-corrected chi connectivity index (χ2v) is 9.00. The molecule has 3 aliphatic rings. The third-order valence-corrected chi connectivity index (χ3v) is 5.95. The minimum atomic E-state index is -4.80. The molecular formula is C24H22F6N6O. The zero-order chi connectivity index (χ0) is 27.0. The number of allylic oxidation sites excluding steroid dienone is 3. The van der Waals surface area contributed by atoms with Crippen molar-refractivity contribution in [1.29, 1.82) is 0 Å². The molecule has 1 aromatic heterocycles. The number of aromatic nitrogens is 1. The summed E-state index contributed by atoms with van der Waals surface area (Å²) in [5.74, 6) is 4.92. The Kier molecular flexibility index (Phi) is 6.89. The SMILES string of the molecule is CN(C)CC#Cc1cnc(C(F)(F)F)c(NC2=NCC34CC(=O)CCN(C(F)(F)F)C3=CC=CC4=N2)c1. The minimum absolute atomic E-state index is 0.107. The quantitative estimate of drug-likeness (QED) is 0.362. The molecule has 1 fully saturated rings. The molecule has 37 heavy (non-hydrogen) atoms. The van der Waals surface area contributed by atoms with Gasteiger partial charge in [-0.15, -0.1) is 0 Å². The summed E-state index contributed by atoms with van der Waals surface area (Å²) in [7, 11) is 3.58. The number of hydrogen-bond donors (Lipinski definition) is 1. The zero-order valence-corrected chi connectivity index (χ0v) is 19.8. The summed E-state index contributed by atoms with van der Waals surface area (Å²) in [6.07, 6.45) is -5.00. The van der Waals surface area contributed by atoms with Crippen LogP contribution in [0.3, 0.4) is 0 Å². The lowest BCUT2D eigenvalue weighted by atomic mass is 9.72. The van der Waals surface area contributed by atoms with Gasteiger partial charge in [0.25, 0.3) is 0 Å². The van der Waals surface area contributed by atoms with Gasteiger partial charge in [0.2, 0.25) is 5.96 Å². The van der Waals surface area contributed by atoms with E-state index in [-0.39, 0.29) is 53.0 Å². The van der Waals surface area contributed by atoms with Crippen LogP contribution in [0.4, 0.5) is 32.0 Å². The molecule has 1 saturated heterocycles. The van der Waals surface area contributed by atoms with E-state index >= 15 is 0 Å². The number of hydrogen-bond acceptors (Lipinski definition) is 7. The van der Waals surface area contributed by atoms with E-state index in [1.165, 1.54) is 18.2 Å². The molecule has 7 nitrogen and oxygen atoms in total. The van der Waals surface area contributed by atoms with Crippen LogP contribution >= 0.6 is 0 Å². The molecule has 1 N–H and O–H groups in total. The minimum Gasteiger partial charge on any atom is -0.323 e. The molecule has 1 atom stereocenters. The molecule has 1 unspecified atom stereocenters. The number of aliphatic imine (C=N–C) groups is 2. The molecule has 0 aromatic carbocycles. The van der Waals surface area contributed by atoms with Gasteiger partial charge in [0.1, 0.15) is 5.78 Å². The van der Waals surface area contributed by atoms with Crippen molar-refractivity contribution in [2.45, 2.75) is 25.3 Å². The van der Waals surface area contributed by atoms with Crippen LogP contribution in [0.5, 0.6) is 0 Å². The summed E-state index contributed by atoms with van der Waals surface area (Å²) < 4.78 is 82.3. The number of guanidine groups is 1. The normalized spacial score (nSPS) is 21.7. The van der Waals surface area contributed by atoms with Gasteiger partial charge in [-0.1, -0.05) is 17.9 Å². The molecule has 13 heteroatoms. The third kappa shape index (κ3) is 5.53. The number of rotatable bonds is 2. The molecule has 196 valence electrons. The molecule has 2 aliphatic heterocycles. The Morgan fingerprint density at radius 2 is 1.97 bits per heavy atom. The monoisotopic (exact) mass is 524 g/mol. The summed E-state index contributed by atoms with van der Waals surface area (Å²) >= 11 is 0. The number of nitrogens with zero attached hydrogens (tertiary/aromatic N) is 5. The number of carbonyl (C=O) groups is 1. The lowest BCUT2D eigenvalue weighted by Gasteiger charge is -2.42. The molecule has 0 saturated carbocycles. The fraction of sp³-hybridized carbons (Fsp3) is 0.417. The van der Waals surface area contributed by atoms with E-state index < -0.39 is 35.8 Å². The van der Waals surface area contributed by atoms with Gasteiger partial charge < -0.3 is 5.32 Å². The van der Waals surface area contributed by atoms with Gasteiger partial charge in [0, 0.05) is 36.8 Å². The highest BCUT2D eigenvalue weighted by Crippen LogP contribution is 2.46. The largest absolute Gasteiger partial charge is 0.484 e. The van der Waals surface area contributed by atoms with Crippen molar-refractivity contribution in [2.75, 3.05) is 39.0 Å².